The standard InChI is InChI=1S/C21H25NO5/c1-4-14(3)10-11-22-13-15(12-17(20(22)25)21(26)27-5-2)19(24)16-8-6-7-9-18(16)23/h6-9,12-14,23H,4-5,10-11H2,1-3H3. The number of rotatable bonds is 8. The Morgan fingerprint density at radius 3 is 2.52 bits per heavy atom. The van der Waals surface area contributed by atoms with Crippen molar-refractivity contribution >= 4 is 11.8 Å². The molecule has 0 bridgehead atoms. The highest BCUT2D eigenvalue weighted by atomic mass is 16.5. The summed E-state index contributed by atoms with van der Waals surface area (Å²) in [6.07, 6.45) is 3.16. The first-order chi connectivity index (χ1) is 12.9. The van der Waals surface area contributed by atoms with Gasteiger partial charge in [-0.05, 0) is 37.5 Å². The zero-order valence-electron chi connectivity index (χ0n) is 15.9. The normalized spacial score (nSPS) is 11.8. The summed E-state index contributed by atoms with van der Waals surface area (Å²) in [6, 6.07) is 7.41. The van der Waals surface area contributed by atoms with Crippen LogP contribution in [-0.4, -0.2) is 28.0 Å². The molecule has 1 atom stereocenters. The van der Waals surface area contributed by atoms with Gasteiger partial charge in [0, 0.05) is 18.3 Å². The van der Waals surface area contributed by atoms with Gasteiger partial charge in [-0.25, -0.2) is 4.79 Å². The lowest BCUT2D eigenvalue weighted by Gasteiger charge is -2.13. The molecule has 6 heteroatoms. The van der Waals surface area contributed by atoms with Gasteiger partial charge in [-0.2, -0.15) is 0 Å². The molecule has 0 saturated heterocycles. The number of carbonyl (C=O) groups excluding carboxylic acids is 2. The van der Waals surface area contributed by atoms with Crippen LogP contribution in [0.3, 0.4) is 0 Å². The maximum atomic E-state index is 12.8. The van der Waals surface area contributed by atoms with Gasteiger partial charge in [0.05, 0.1) is 12.2 Å². The molecule has 1 aromatic carbocycles. The molecule has 0 aliphatic heterocycles. The van der Waals surface area contributed by atoms with Crippen molar-refractivity contribution < 1.29 is 19.4 Å². The number of phenols is 1. The third kappa shape index (κ3) is 4.84. The van der Waals surface area contributed by atoms with Crippen molar-refractivity contribution in [1.29, 1.82) is 0 Å². The van der Waals surface area contributed by atoms with Crippen LogP contribution >= 0.6 is 0 Å². The number of aromatic hydroxyl groups is 1. The second-order valence-electron chi connectivity index (χ2n) is 6.51. The topological polar surface area (TPSA) is 85.6 Å². The van der Waals surface area contributed by atoms with Crippen molar-refractivity contribution in [2.75, 3.05) is 6.61 Å². The van der Waals surface area contributed by atoms with Gasteiger partial charge < -0.3 is 14.4 Å². The summed E-state index contributed by atoms with van der Waals surface area (Å²) in [6.45, 7) is 6.31. The van der Waals surface area contributed by atoms with Gasteiger partial charge in [-0.1, -0.05) is 32.4 Å². The van der Waals surface area contributed by atoms with Gasteiger partial charge in [0.15, 0.2) is 5.78 Å². The number of esters is 1. The number of nitrogens with zero attached hydrogens (tertiary/aromatic N) is 1. The number of ketones is 1. The third-order valence-corrected chi connectivity index (χ3v) is 4.55. The summed E-state index contributed by atoms with van der Waals surface area (Å²) in [5, 5.41) is 9.96. The first-order valence-corrected chi connectivity index (χ1v) is 9.13. The smallest absolute Gasteiger partial charge is 0.343 e. The van der Waals surface area contributed by atoms with E-state index in [0.29, 0.717) is 12.5 Å². The van der Waals surface area contributed by atoms with E-state index in [0.717, 1.165) is 12.8 Å². The van der Waals surface area contributed by atoms with Crippen LogP contribution in [-0.2, 0) is 11.3 Å². The average Bonchev–Trinajstić information content (AvgIpc) is 2.66. The van der Waals surface area contributed by atoms with E-state index in [9.17, 15) is 19.5 Å². The average molecular weight is 371 g/mol. The third-order valence-electron chi connectivity index (χ3n) is 4.55. The molecule has 6 nitrogen and oxygen atoms in total. The van der Waals surface area contributed by atoms with Crippen LogP contribution in [0.1, 0.15) is 59.9 Å². The number of hydrogen-bond donors (Lipinski definition) is 1. The molecule has 0 radical (unpaired) electrons. The number of para-hydroxylation sites is 1. The first-order valence-electron chi connectivity index (χ1n) is 9.13. The van der Waals surface area contributed by atoms with E-state index in [2.05, 4.69) is 13.8 Å². The van der Waals surface area contributed by atoms with E-state index in [-0.39, 0.29) is 29.0 Å². The summed E-state index contributed by atoms with van der Waals surface area (Å²) in [5.74, 6) is -0.972. The van der Waals surface area contributed by atoms with Gasteiger partial charge in [0.2, 0.25) is 0 Å². The van der Waals surface area contributed by atoms with Crippen molar-refractivity contribution in [2.24, 2.45) is 5.92 Å². The van der Waals surface area contributed by atoms with E-state index < -0.39 is 17.3 Å². The largest absolute Gasteiger partial charge is 0.507 e. The molecule has 0 saturated carbocycles. The molecule has 0 aliphatic rings. The fourth-order valence-electron chi connectivity index (χ4n) is 2.67. The first kappa shape index (κ1) is 20.4. The molecule has 1 N–H and O–H groups in total. The minimum atomic E-state index is -0.758. The van der Waals surface area contributed by atoms with Gasteiger partial charge in [-0.15, -0.1) is 0 Å². The Morgan fingerprint density at radius 1 is 1.19 bits per heavy atom. The molecule has 2 rings (SSSR count). The molecule has 2 aromatic rings. The second kappa shape index (κ2) is 9.16. The summed E-state index contributed by atoms with van der Waals surface area (Å²) in [7, 11) is 0. The lowest BCUT2D eigenvalue weighted by atomic mass is 10.0. The van der Waals surface area contributed by atoms with Crippen LogP contribution in [0.2, 0.25) is 0 Å². The van der Waals surface area contributed by atoms with Crippen LogP contribution < -0.4 is 5.56 Å². The number of benzene rings is 1. The fourth-order valence-corrected chi connectivity index (χ4v) is 2.67. The molecule has 144 valence electrons. The molecule has 0 fully saturated rings. The van der Waals surface area contributed by atoms with E-state index in [1.165, 1.54) is 29.0 Å². The molecule has 1 heterocycles. The molecule has 0 spiro atoms. The predicted molar refractivity (Wildman–Crippen MR) is 102 cm³/mol. The minimum Gasteiger partial charge on any atom is -0.507 e. The number of phenolic OH excluding ortho intramolecular Hbond substituents is 1. The number of carbonyl (C=O) groups is 2. The van der Waals surface area contributed by atoms with Gasteiger partial charge >= 0.3 is 5.97 Å². The quantitative estimate of drug-likeness (QED) is 0.568. The number of aromatic nitrogens is 1. The zero-order chi connectivity index (χ0) is 20.0. The van der Waals surface area contributed by atoms with Crippen molar-refractivity contribution in [1.82, 2.24) is 4.57 Å². The molecule has 0 aliphatic carbocycles. The van der Waals surface area contributed by atoms with Crippen molar-refractivity contribution in [2.45, 2.75) is 40.2 Å². The minimum absolute atomic E-state index is 0.111. The highest BCUT2D eigenvalue weighted by Crippen LogP contribution is 2.20. The van der Waals surface area contributed by atoms with Crippen LogP contribution in [0, 0.1) is 5.92 Å². The zero-order valence-corrected chi connectivity index (χ0v) is 15.9. The van der Waals surface area contributed by atoms with E-state index in [1.54, 1.807) is 19.1 Å². The van der Waals surface area contributed by atoms with Crippen LogP contribution in [0.5, 0.6) is 5.75 Å². The van der Waals surface area contributed by atoms with Gasteiger partial charge in [0.25, 0.3) is 5.56 Å². The highest BCUT2D eigenvalue weighted by molar-refractivity contribution is 6.11. The number of hydrogen-bond acceptors (Lipinski definition) is 5. The van der Waals surface area contributed by atoms with Gasteiger partial charge in [0.1, 0.15) is 11.3 Å². The Labute approximate surface area is 158 Å². The predicted octanol–water partition coefficient (Wildman–Crippen LogP) is 3.40. The van der Waals surface area contributed by atoms with Gasteiger partial charge in [-0.3, -0.25) is 9.59 Å². The van der Waals surface area contributed by atoms with Crippen LogP contribution in [0.25, 0.3) is 0 Å². The van der Waals surface area contributed by atoms with E-state index in [1.807, 2.05) is 0 Å². The van der Waals surface area contributed by atoms with E-state index >= 15 is 0 Å². The number of aryl methyl sites for hydroxylation is 1. The SMILES string of the molecule is CCOC(=O)c1cc(C(=O)c2ccccc2O)cn(CCC(C)CC)c1=O. The maximum Gasteiger partial charge on any atom is 0.343 e. The summed E-state index contributed by atoms with van der Waals surface area (Å²) in [5.41, 5.74) is -0.393. The Balaban J connectivity index is 2.51. The Hall–Kier alpha value is -2.89. The van der Waals surface area contributed by atoms with Crippen molar-refractivity contribution in [3.63, 3.8) is 0 Å². The van der Waals surface area contributed by atoms with Crippen molar-refractivity contribution in [3.8, 4) is 5.75 Å². The van der Waals surface area contributed by atoms with E-state index in [4.69, 9.17) is 4.74 Å². The molecule has 1 unspecified atom stereocenters. The lowest BCUT2D eigenvalue weighted by Crippen LogP contribution is -2.29. The fraction of sp³-hybridized carbons (Fsp3) is 0.381. The number of ether oxygens (including phenoxy) is 1. The Kier molecular flexibility index (Phi) is 6.93. The molecule has 27 heavy (non-hydrogen) atoms. The van der Waals surface area contributed by atoms with Crippen molar-refractivity contribution in [3.05, 3.63) is 63.6 Å². The molecular weight excluding hydrogens is 346 g/mol. The van der Waals surface area contributed by atoms with Crippen LogP contribution in [0.4, 0.5) is 0 Å². The monoisotopic (exact) mass is 371 g/mol. The summed E-state index contributed by atoms with van der Waals surface area (Å²) in [4.78, 5) is 37.7. The molecule has 0 amide bonds. The number of pyridine rings is 1. The van der Waals surface area contributed by atoms with Crippen LogP contribution in [0.15, 0.2) is 41.3 Å². The molecular formula is C21H25NO5. The lowest BCUT2D eigenvalue weighted by molar-refractivity contribution is 0.0523. The maximum absolute atomic E-state index is 12.8. The summed E-state index contributed by atoms with van der Waals surface area (Å²) < 4.78 is 6.34. The highest BCUT2D eigenvalue weighted by Gasteiger charge is 2.20. The second-order valence-corrected chi connectivity index (χ2v) is 6.51. The Bertz CT molecular complexity index is 884. The summed E-state index contributed by atoms with van der Waals surface area (Å²) >= 11 is 0. The Morgan fingerprint density at radius 2 is 1.89 bits per heavy atom. The molecule has 1 aromatic heterocycles.